The summed E-state index contributed by atoms with van der Waals surface area (Å²) in [6.07, 6.45) is 3.58. The molecule has 2 N–H and O–H groups in total. The van der Waals surface area contributed by atoms with Gasteiger partial charge in [-0.2, -0.15) is 4.98 Å². The number of amides is 2. The molecule has 2 aromatic carbocycles. The second-order valence-electron chi connectivity index (χ2n) is 8.19. The number of halogens is 1. The Hall–Kier alpha value is -2.27. The fraction of sp³-hybridized carbons (Fsp3) is 0.348. The zero-order valence-electron chi connectivity index (χ0n) is 18.1. The summed E-state index contributed by atoms with van der Waals surface area (Å²) in [6.45, 7) is 0. The van der Waals surface area contributed by atoms with Gasteiger partial charge in [-0.25, -0.2) is 9.78 Å². The number of hydrogen-bond acceptors (Lipinski definition) is 6. The molecule has 1 heterocycles. The van der Waals surface area contributed by atoms with E-state index in [-0.39, 0.29) is 18.1 Å². The van der Waals surface area contributed by atoms with Crippen molar-refractivity contribution < 1.29 is 4.79 Å². The minimum Gasteiger partial charge on any atom is -0.362 e. The lowest BCUT2D eigenvalue weighted by Crippen LogP contribution is -2.40. The molecule has 0 spiro atoms. The molecule has 1 fully saturated rings. The van der Waals surface area contributed by atoms with Gasteiger partial charge in [0.25, 0.3) is 0 Å². The number of thiol groups is 1. The number of fused-ring (bicyclic) bond motifs is 1. The maximum absolute atomic E-state index is 12.7. The summed E-state index contributed by atoms with van der Waals surface area (Å²) < 4.78 is 2.54. The Morgan fingerprint density at radius 1 is 1.03 bits per heavy atom. The van der Waals surface area contributed by atoms with Crippen molar-refractivity contribution in [1.82, 2.24) is 14.3 Å². The molecule has 0 radical (unpaired) electrons. The SMILES string of the molecule is CN(C)c1nc(NC2CCC(N(S)C(=O)Nc3ccccc3I)CC2)nc2ccccc12. The Balaban J connectivity index is 1.37. The van der Waals surface area contributed by atoms with Gasteiger partial charge in [0.1, 0.15) is 5.82 Å². The Morgan fingerprint density at radius 2 is 1.72 bits per heavy atom. The highest BCUT2D eigenvalue weighted by Gasteiger charge is 2.28. The van der Waals surface area contributed by atoms with Crippen LogP contribution >= 0.6 is 35.4 Å². The molecule has 0 bridgehead atoms. The van der Waals surface area contributed by atoms with E-state index in [2.05, 4.69) is 46.0 Å². The average molecular weight is 562 g/mol. The van der Waals surface area contributed by atoms with E-state index in [1.54, 1.807) is 0 Å². The molecule has 4 rings (SSSR count). The van der Waals surface area contributed by atoms with E-state index >= 15 is 0 Å². The van der Waals surface area contributed by atoms with Gasteiger partial charge in [-0.05, 0) is 72.5 Å². The lowest BCUT2D eigenvalue weighted by molar-refractivity contribution is 0.217. The number of nitrogens with one attached hydrogen (secondary N) is 2. The monoisotopic (exact) mass is 562 g/mol. The molecule has 7 nitrogen and oxygen atoms in total. The molecule has 2 amide bonds. The van der Waals surface area contributed by atoms with E-state index in [1.165, 1.54) is 4.31 Å². The molecule has 1 saturated carbocycles. The molecular formula is C23H27IN6OS. The number of hydrogen-bond donors (Lipinski definition) is 3. The number of anilines is 3. The smallest absolute Gasteiger partial charge is 0.331 e. The topological polar surface area (TPSA) is 73.4 Å². The predicted molar refractivity (Wildman–Crippen MR) is 143 cm³/mol. The average Bonchev–Trinajstić information content (AvgIpc) is 2.80. The number of rotatable bonds is 5. The van der Waals surface area contributed by atoms with Gasteiger partial charge in [0, 0.05) is 35.1 Å². The summed E-state index contributed by atoms with van der Waals surface area (Å²) in [4.78, 5) is 24.1. The van der Waals surface area contributed by atoms with Gasteiger partial charge in [0.15, 0.2) is 0 Å². The summed E-state index contributed by atoms with van der Waals surface area (Å²) in [5.41, 5.74) is 1.73. The molecule has 168 valence electrons. The molecule has 0 saturated heterocycles. The predicted octanol–water partition coefficient (Wildman–Crippen LogP) is 5.40. The van der Waals surface area contributed by atoms with Crippen molar-refractivity contribution in [2.75, 3.05) is 29.6 Å². The number of aromatic nitrogens is 2. The van der Waals surface area contributed by atoms with Gasteiger partial charge >= 0.3 is 6.03 Å². The van der Waals surface area contributed by atoms with Gasteiger partial charge in [0.2, 0.25) is 5.95 Å². The number of benzene rings is 2. The highest BCUT2D eigenvalue weighted by atomic mass is 127. The van der Waals surface area contributed by atoms with Crippen LogP contribution in [0, 0.1) is 3.57 Å². The van der Waals surface area contributed by atoms with Crippen molar-refractivity contribution in [2.45, 2.75) is 37.8 Å². The largest absolute Gasteiger partial charge is 0.362 e. The minimum atomic E-state index is -0.192. The molecular weight excluding hydrogens is 535 g/mol. The number of nitrogens with zero attached hydrogens (tertiary/aromatic N) is 4. The summed E-state index contributed by atoms with van der Waals surface area (Å²) in [6, 6.07) is 15.9. The Morgan fingerprint density at radius 3 is 2.44 bits per heavy atom. The summed E-state index contributed by atoms with van der Waals surface area (Å²) in [5.74, 6) is 1.55. The molecule has 0 unspecified atom stereocenters. The first-order chi connectivity index (χ1) is 15.4. The van der Waals surface area contributed by atoms with Crippen molar-refractivity contribution in [1.29, 1.82) is 0 Å². The van der Waals surface area contributed by atoms with E-state index in [1.807, 2.05) is 67.5 Å². The van der Waals surface area contributed by atoms with Crippen LogP contribution in [0.25, 0.3) is 10.9 Å². The third kappa shape index (κ3) is 5.20. The first-order valence-electron chi connectivity index (χ1n) is 10.7. The number of carbonyl (C=O) groups is 1. The molecule has 3 aromatic rings. The van der Waals surface area contributed by atoms with Gasteiger partial charge in [0.05, 0.1) is 11.2 Å². The molecule has 0 atom stereocenters. The fourth-order valence-electron chi connectivity index (χ4n) is 4.01. The highest BCUT2D eigenvalue weighted by Crippen LogP contribution is 2.29. The van der Waals surface area contributed by atoms with Crippen LogP contribution in [0.1, 0.15) is 25.7 Å². The van der Waals surface area contributed by atoms with E-state index in [9.17, 15) is 4.79 Å². The standard InChI is InChI=1S/C23H27IN6OS/c1-29(2)21-17-7-3-5-9-19(17)26-22(28-21)25-15-11-13-16(14-12-15)30(32)23(31)27-20-10-6-4-8-18(20)24/h3-10,15-16,32H,11-14H2,1-2H3,(H,27,31)(H,25,26,28). The molecule has 0 aliphatic heterocycles. The van der Waals surface area contributed by atoms with Crippen LogP contribution in [-0.2, 0) is 0 Å². The van der Waals surface area contributed by atoms with Gasteiger partial charge in [-0.3, -0.25) is 4.31 Å². The first-order valence-corrected chi connectivity index (χ1v) is 12.1. The normalized spacial score (nSPS) is 18.2. The van der Waals surface area contributed by atoms with Crippen molar-refractivity contribution >= 4 is 69.8 Å². The van der Waals surface area contributed by atoms with Crippen LogP contribution in [0.4, 0.5) is 22.2 Å². The number of para-hydroxylation sites is 2. The Labute approximate surface area is 207 Å². The van der Waals surface area contributed by atoms with Gasteiger partial charge in [-0.15, -0.1) is 0 Å². The van der Waals surface area contributed by atoms with Crippen molar-refractivity contribution in [2.24, 2.45) is 0 Å². The van der Waals surface area contributed by atoms with Crippen LogP contribution in [0.15, 0.2) is 48.5 Å². The molecule has 1 aliphatic rings. The molecule has 9 heteroatoms. The fourth-order valence-corrected chi connectivity index (χ4v) is 4.82. The maximum atomic E-state index is 12.7. The summed E-state index contributed by atoms with van der Waals surface area (Å²) >= 11 is 6.72. The van der Waals surface area contributed by atoms with Crippen molar-refractivity contribution in [3.63, 3.8) is 0 Å². The van der Waals surface area contributed by atoms with Crippen LogP contribution in [0.5, 0.6) is 0 Å². The van der Waals surface area contributed by atoms with E-state index in [0.29, 0.717) is 5.95 Å². The quantitative estimate of drug-likeness (QED) is 0.287. The molecule has 1 aliphatic carbocycles. The van der Waals surface area contributed by atoms with Crippen LogP contribution in [-0.4, -0.2) is 46.5 Å². The third-order valence-corrected chi connectivity index (χ3v) is 7.15. The Bertz CT molecular complexity index is 1100. The lowest BCUT2D eigenvalue weighted by atomic mass is 9.91. The summed E-state index contributed by atoms with van der Waals surface area (Å²) in [7, 11) is 3.99. The zero-order chi connectivity index (χ0) is 22.7. The lowest BCUT2D eigenvalue weighted by Gasteiger charge is -2.34. The van der Waals surface area contributed by atoms with Crippen LogP contribution in [0.3, 0.4) is 0 Å². The molecule has 32 heavy (non-hydrogen) atoms. The third-order valence-electron chi connectivity index (χ3n) is 5.71. The summed E-state index contributed by atoms with van der Waals surface area (Å²) in [5, 5.41) is 7.50. The molecule has 1 aromatic heterocycles. The van der Waals surface area contributed by atoms with Crippen LogP contribution < -0.4 is 15.5 Å². The maximum Gasteiger partial charge on any atom is 0.331 e. The van der Waals surface area contributed by atoms with E-state index in [4.69, 9.17) is 9.97 Å². The van der Waals surface area contributed by atoms with Gasteiger partial charge in [-0.1, -0.05) is 37.1 Å². The first kappa shape index (κ1) is 22.9. The number of carbonyl (C=O) groups excluding carboxylic acids is 1. The van der Waals surface area contributed by atoms with Crippen LogP contribution in [0.2, 0.25) is 0 Å². The number of urea groups is 1. The van der Waals surface area contributed by atoms with Gasteiger partial charge < -0.3 is 15.5 Å². The van der Waals surface area contributed by atoms with Crippen molar-refractivity contribution in [3.05, 3.63) is 52.1 Å². The van der Waals surface area contributed by atoms with E-state index < -0.39 is 0 Å². The second kappa shape index (κ2) is 10.1. The van der Waals surface area contributed by atoms with E-state index in [0.717, 1.165) is 51.7 Å². The Kier molecular flexibility index (Phi) is 7.24. The van der Waals surface area contributed by atoms with Crippen molar-refractivity contribution in [3.8, 4) is 0 Å². The highest BCUT2D eigenvalue weighted by molar-refractivity contribution is 14.1. The second-order valence-corrected chi connectivity index (χ2v) is 9.78. The minimum absolute atomic E-state index is 0.0904. The zero-order valence-corrected chi connectivity index (χ0v) is 21.2.